The lowest BCUT2D eigenvalue weighted by atomic mass is 9.52. The third-order valence-electron chi connectivity index (χ3n) is 8.53. The zero-order valence-corrected chi connectivity index (χ0v) is 17.1. The summed E-state index contributed by atoms with van der Waals surface area (Å²) in [5, 5.41) is 17.6. The topological polar surface area (TPSA) is 87.1 Å². The van der Waals surface area contributed by atoms with Gasteiger partial charge in [-0.2, -0.15) is 0 Å². The Kier molecular flexibility index (Phi) is 4.16. The van der Waals surface area contributed by atoms with Crippen LogP contribution in [0.15, 0.2) is 6.20 Å². The van der Waals surface area contributed by atoms with Gasteiger partial charge < -0.3 is 15.7 Å². The predicted molar refractivity (Wildman–Crippen MR) is 110 cm³/mol. The van der Waals surface area contributed by atoms with E-state index in [1.54, 1.807) is 6.20 Å². The number of aromatic nitrogens is 2. The molecule has 1 heterocycles. The molecule has 6 fully saturated rings. The number of carbonyl (C=O) groups is 1. The van der Waals surface area contributed by atoms with E-state index < -0.39 is 5.60 Å². The molecule has 6 saturated carbocycles. The Labute approximate surface area is 172 Å². The molecular weight excluding hydrogens is 364 g/mol. The van der Waals surface area contributed by atoms with Crippen molar-refractivity contribution in [1.82, 2.24) is 15.3 Å². The number of amides is 1. The monoisotopic (exact) mass is 396 g/mol. The Hall–Kier alpha value is -1.69. The van der Waals surface area contributed by atoms with Crippen LogP contribution < -0.4 is 10.6 Å². The van der Waals surface area contributed by atoms with Crippen LogP contribution in [0.4, 0.5) is 5.95 Å². The first-order chi connectivity index (χ1) is 14.1. The normalized spacial score (nSPS) is 38.4. The van der Waals surface area contributed by atoms with Crippen LogP contribution in [0, 0.1) is 17.8 Å². The van der Waals surface area contributed by atoms with E-state index in [-0.39, 0.29) is 11.9 Å². The van der Waals surface area contributed by atoms with Gasteiger partial charge in [-0.25, -0.2) is 9.97 Å². The largest absolute Gasteiger partial charge is 0.390 e. The summed E-state index contributed by atoms with van der Waals surface area (Å²) in [7, 11) is 0. The summed E-state index contributed by atoms with van der Waals surface area (Å²) < 4.78 is 0. The molecule has 1 aromatic rings. The molecule has 6 heteroatoms. The van der Waals surface area contributed by atoms with E-state index in [2.05, 4.69) is 15.6 Å². The Morgan fingerprint density at radius 3 is 2.38 bits per heavy atom. The van der Waals surface area contributed by atoms with Crippen LogP contribution in [0.2, 0.25) is 0 Å². The van der Waals surface area contributed by atoms with Crippen LogP contribution in [-0.2, 0) is 0 Å². The quantitative estimate of drug-likeness (QED) is 0.710. The number of carbonyl (C=O) groups excluding carboxylic acids is 1. The van der Waals surface area contributed by atoms with Gasteiger partial charge in [-0.15, -0.1) is 0 Å². The van der Waals surface area contributed by atoms with E-state index >= 15 is 0 Å². The van der Waals surface area contributed by atoms with Crippen molar-refractivity contribution in [1.29, 1.82) is 0 Å². The Morgan fingerprint density at radius 1 is 1.07 bits per heavy atom. The van der Waals surface area contributed by atoms with Crippen molar-refractivity contribution in [3.05, 3.63) is 17.5 Å². The van der Waals surface area contributed by atoms with Crippen molar-refractivity contribution >= 4 is 11.9 Å². The lowest BCUT2D eigenvalue weighted by Gasteiger charge is -2.58. The van der Waals surface area contributed by atoms with Crippen LogP contribution in [-0.4, -0.2) is 38.7 Å². The molecule has 0 spiro atoms. The van der Waals surface area contributed by atoms with Crippen LogP contribution >= 0.6 is 0 Å². The predicted octanol–water partition coefficient (Wildman–Crippen LogP) is 3.38. The van der Waals surface area contributed by atoms with Gasteiger partial charge in [-0.1, -0.05) is 6.42 Å². The van der Waals surface area contributed by atoms with Crippen molar-refractivity contribution in [2.24, 2.45) is 17.8 Å². The van der Waals surface area contributed by atoms with Crippen molar-refractivity contribution < 1.29 is 9.90 Å². The molecular formula is C23H32N4O2. The summed E-state index contributed by atoms with van der Waals surface area (Å²) in [6.07, 6.45) is 13.8. The second-order valence-corrected chi connectivity index (χ2v) is 10.6. The Morgan fingerprint density at radius 2 is 1.79 bits per heavy atom. The van der Waals surface area contributed by atoms with Crippen LogP contribution in [0.5, 0.6) is 0 Å². The van der Waals surface area contributed by atoms with Gasteiger partial charge in [0.15, 0.2) is 0 Å². The van der Waals surface area contributed by atoms with Crippen molar-refractivity contribution in [2.45, 2.75) is 94.2 Å². The average molecular weight is 397 g/mol. The number of aliphatic hydroxyl groups is 1. The van der Waals surface area contributed by atoms with Crippen LogP contribution in [0.1, 0.15) is 92.6 Å². The number of nitrogens with one attached hydrogen (secondary N) is 2. The third-order valence-corrected chi connectivity index (χ3v) is 8.53. The molecule has 6 aliphatic carbocycles. The maximum atomic E-state index is 13.3. The zero-order chi connectivity index (χ0) is 19.6. The molecule has 1 amide bonds. The molecule has 1 aromatic heterocycles. The molecule has 3 N–H and O–H groups in total. The molecule has 0 aromatic carbocycles. The van der Waals surface area contributed by atoms with E-state index in [0.29, 0.717) is 41.2 Å². The van der Waals surface area contributed by atoms with Gasteiger partial charge in [0.05, 0.1) is 16.9 Å². The van der Waals surface area contributed by atoms with Gasteiger partial charge >= 0.3 is 0 Å². The van der Waals surface area contributed by atoms with Gasteiger partial charge in [0, 0.05) is 24.2 Å². The lowest BCUT2D eigenvalue weighted by Crippen LogP contribution is -2.61. The highest BCUT2D eigenvalue weighted by atomic mass is 16.3. The number of hydrogen-bond acceptors (Lipinski definition) is 5. The zero-order valence-electron chi connectivity index (χ0n) is 17.1. The minimum atomic E-state index is -0.466. The number of rotatable bonds is 5. The summed E-state index contributed by atoms with van der Waals surface area (Å²) in [6.45, 7) is 0. The summed E-state index contributed by atoms with van der Waals surface area (Å²) in [6, 6.07) is 0.684. The van der Waals surface area contributed by atoms with E-state index in [1.807, 2.05) is 0 Å². The van der Waals surface area contributed by atoms with Gasteiger partial charge in [0.25, 0.3) is 5.91 Å². The van der Waals surface area contributed by atoms with Gasteiger partial charge in [0.1, 0.15) is 0 Å². The van der Waals surface area contributed by atoms with Gasteiger partial charge in [0.2, 0.25) is 5.95 Å². The van der Waals surface area contributed by atoms with Gasteiger partial charge in [-0.05, 0) is 82.0 Å². The van der Waals surface area contributed by atoms with Crippen molar-refractivity contribution in [2.75, 3.05) is 5.32 Å². The van der Waals surface area contributed by atoms with E-state index in [0.717, 1.165) is 50.6 Å². The standard InChI is InChI=1S/C23H32N4O2/c28-21(26-19-15-7-13-8-16(19)11-23(29,9-13)10-15)18-12-24-22(25-17-5-2-6-17)27-20(18)14-3-1-4-14/h12-17,19,29H,1-11H2,(H,26,28)(H,24,25,27)/t13?,15?,16?,19-,23+. The fraction of sp³-hybridized carbons (Fsp3) is 0.783. The van der Waals surface area contributed by atoms with E-state index in [4.69, 9.17) is 4.98 Å². The molecule has 4 bridgehead atoms. The second kappa shape index (κ2) is 6.66. The molecule has 0 radical (unpaired) electrons. The molecule has 0 aliphatic heterocycles. The van der Waals surface area contributed by atoms with Gasteiger partial charge in [-0.3, -0.25) is 4.79 Å². The summed E-state index contributed by atoms with van der Waals surface area (Å²) >= 11 is 0. The fourth-order valence-electron chi connectivity index (χ4n) is 6.81. The molecule has 7 rings (SSSR count). The fourth-order valence-corrected chi connectivity index (χ4v) is 6.81. The van der Waals surface area contributed by atoms with Crippen molar-refractivity contribution in [3.63, 3.8) is 0 Å². The molecule has 2 atom stereocenters. The molecule has 0 saturated heterocycles. The average Bonchev–Trinajstić information content (AvgIpc) is 2.58. The number of anilines is 1. The van der Waals surface area contributed by atoms with Crippen LogP contribution in [0.3, 0.4) is 0 Å². The Bertz CT molecular complexity index is 803. The highest BCUT2D eigenvalue weighted by Crippen LogP contribution is 2.55. The minimum absolute atomic E-state index is 0.00782. The first-order valence-electron chi connectivity index (χ1n) is 11.7. The SMILES string of the molecule is O=C(N[C@H]1C2CC3CC1C[C@@](O)(C3)C2)c1cnc(NC2CCC2)nc1C1CCC1. The highest BCUT2D eigenvalue weighted by molar-refractivity contribution is 5.95. The smallest absolute Gasteiger partial charge is 0.254 e. The van der Waals surface area contributed by atoms with Crippen LogP contribution in [0.25, 0.3) is 0 Å². The maximum Gasteiger partial charge on any atom is 0.254 e. The Balaban J connectivity index is 1.22. The van der Waals surface area contributed by atoms with E-state index in [9.17, 15) is 9.90 Å². The third kappa shape index (κ3) is 3.15. The molecule has 2 unspecified atom stereocenters. The van der Waals surface area contributed by atoms with E-state index in [1.165, 1.54) is 25.7 Å². The highest BCUT2D eigenvalue weighted by Gasteiger charge is 2.55. The summed E-state index contributed by atoms with van der Waals surface area (Å²) in [5.41, 5.74) is 1.14. The number of nitrogens with zero attached hydrogens (tertiary/aromatic N) is 2. The molecule has 6 aliphatic rings. The summed E-state index contributed by atoms with van der Waals surface area (Å²) in [5.74, 6) is 2.55. The van der Waals surface area contributed by atoms with Crippen molar-refractivity contribution in [3.8, 4) is 0 Å². The summed E-state index contributed by atoms with van der Waals surface area (Å²) in [4.78, 5) is 22.6. The second-order valence-electron chi connectivity index (χ2n) is 10.6. The molecule has 6 nitrogen and oxygen atoms in total. The number of hydrogen-bond donors (Lipinski definition) is 3. The molecule has 156 valence electrons. The maximum absolute atomic E-state index is 13.3. The lowest BCUT2D eigenvalue weighted by molar-refractivity contribution is -0.136. The molecule has 29 heavy (non-hydrogen) atoms. The minimum Gasteiger partial charge on any atom is -0.390 e. The first-order valence-corrected chi connectivity index (χ1v) is 11.7. The first kappa shape index (κ1) is 18.1.